The molecule has 4 nitrogen and oxygen atoms in total. The van der Waals surface area contributed by atoms with Crippen LogP contribution in [0.15, 0.2) is 0 Å². The van der Waals surface area contributed by atoms with Gasteiger partial charge in [0, 0.05) is 6.61 Å². The first-order chi connectivity index (χ1) is 8.54. The lowest BCUT2D eigenvalue weighted by Gasteiger charge is -2.22. The highest BCUT2D eigenvalue weighted by atomic mass is 16.5. The number of unbranched alkanes of at least 4 members (excludes halogenated alkanes) is 1. The number of hydrogen-bond acceptors (Lipinski definition) is 4. The predicted molar refractivity (Wildman–Crippen MR) is 73.5 cm³/mol. The summed E-state index contributed by atoms with van der Waals surface area (Å²) in [6.07, 6.45) is 3.13. The summed E-state index contributed by atoms with van der Waals surface area (Å²) in [6, 6.07) is 2.33. The number of nitriles is 1. The van der Waals surface area contributed by atoms with Crippen molar-refractivity contribution in [1.29, 1.82) is 5.26 Å². The molecule has 0 aliphatic carbocycles. The molecule has 0 aliphatic heterocycles. The van der Waals surface area contributed by atoms with Crippen molar-refractivity contribution in [3.05, 3.63) is 0 Å². The molecule has 0 aromatic rings. The molecule has 0 heterocycles. The molecule has 0 saturated heterocycles. The quantitative estimate of drug-likeness (QED) is 0.577. The molecule has 0 aromatic heterocycles. The van der Waals surface area contributed by atoms with E-state index in [0.29, 0.717) is 13.2 Å². The highest BCUT2D eigenvalue weighted by Gasteiger charge is 2.20. The Bertz CT molecular complexity index is 238. The maximum Gasteiger partial charge on any atom is 0.103 e. The van der Waals surface area contributed by atoms with Crippen LogP contribution in [0.3, 0.4) is 0 Å². The zero-order valence-electron chi connectivity index (χ0n) is 12.3. The van der Waals surface area contributed by atoms with Crippen LogP contribution < -0.4 is 5.32 Å². The second-order valence-corrected chi connectivity index (χ2v) is 4.96. The molecule has 106 valence electrons. The van der Waals surface area contributed by atoms with Crippen molar-refractivity contribution in [2.45, 2.75) is 58.6 Å². The average molecular weight is 256 g/mol. The topological polar surface area (TPSA) is 54.3 Å². The number of nitrogens with zero attached hydrogens (tertiary/aromatic N) is 1. The van der Waals surface area contributed by atoms with Gasteiger partial charge in [0.15, 0.2) is 0 Å². The van der Waals surface area contributed by atoms with Crippen LogP contribution in [-0.4, -0.2) is 38.0 Å². The van der Waals surface area contributed by atoms with Gasteiger partial charge in [-0.1, -0.05) is 6.92 Å². The maximum atomic E-state index is 9.08. The second-order valence-electron chi connectivity index (χ2n) is 4.96. The molecule has 1 unspecified atom stereocenters. The minimum Gasteiger partial charge on any atom is -0.379 e. The van der Waals surface area contributed by atoms with Gasteiger partial charge < -0.3 is 9.47 Å². The molecule has 0 bridgehead atoms. The number of nitrogens with one attached hydrogen (secondary N) is 1. The summed E-state index contributed by atoms with van der Waals surface area (Å²) in [5.41, 5.74) is -0.393. The zero-order chi connectivity index (χ0) is 13.9. The van der Waals surface area contributed by atoms with E-state index in [-0.39, 0.29) is 6.10 Å². The Kier molecular flexibility index (Phi) is 9.95. The summed E-state index contributed by atoms with van der Waals surface area (Å²) in [4.78, 5) is 0. The molecule has 4 heteroatoms. The Labute approximate surface area is 112 Å². The third-order valence-corrected chi connectivity index (χ3v) is 2.71. The van der Waals surface area contributed by atoms with Crippen molar-refractivity contribution in [2.75, 3.05) is 26.4 Å². The summed E-state index contributed by atoms with van der Waals surface area (Å²) in [5.74, 6) is 0. The Hall–Kier alpha value is -0.630. The Balaban J connectivity index is 3.42. The molecule has 0 fully saturated rings. The molecule has 0 radical (unpaired) electrons. The van der Waals surface area contributed by atoms with E-state index in [9.17, 15) is 0 Å². The van der Waals surface area contributed by atoms with Crippen molar-refractivity contribution < 1.29 is 9.47 Å². The minimum atomic E-state index is -0.393. The van der Waals surface area contributed by atoms with Gasteiger partial charge in [-0.25, -0.2) is 0 Å². The van der Waals surface area contributed by atoms with Gasteiger partial charge in [0.05, 0.1) is 25.4 Å². The number of hydrogen-bond donors (Lipinski definition) is 1. The Morgan fingerprint density at radius 3 is 2.50 bits per heavy atom. The smallest absolute Gasteiger partial charge is 0.103 e. The molecular formula is C14H28N2O2. The Morgan fingerprint density at radius 1 is 1.22 bits per heavy atom. The lowest BCUT2D eigenvalue weighted by molar-refractivity contribution is 0.0185. The zero-order valence-corrected chi connectivity index (χ0v) is 12.3. The van der Waals surface area contributed by atoms with E-state index in [0.717, 1.165) is 32.4 Å². The maximum absolute atomic E-state index is 9.08. The number of rotatable bonds is 11. The first-order valence-corrected chi connectivity index (χ1v) is 6.89. The summed E-state index contributed by atoms with van der Waals surface area (Å²) in [6.45, 7) is 10.9. The second kappa shape index (κ2) is 10.3. The molecule has 0 saturated carbocycles. The van der Waals surface area contributed by atoms with Gasteiger partial charge in [0.2, 0.25) is 0 Å². The van der Waals surface area contributed by atoms with Crippen LogP contribution in [0.2, 0.25) is 0 Å². The van der Waals surface area contributed by atoms with E-state index in [4.69, 9.17) is 14.7 Å². The van der Waals surface area contributed by atoms with E-state index < -0.39 is 5.54 Å². The summed E-state index contributed by atoms with van der Waals surface area (Å²) >= 11 is 0. The SMILES string of the molecule is CCNC(C)(C#N)CCCCOCCOC(C)C. The molecule has 0 aromatic carbocycles. The first-order valence-electron chi connectivity index (χ1n) is 6.89. The van der Waals surface area contributed by atoms with Crippen molar-refractivity contribution >= 4 is 0 Å². The van der Waals surface area contributed by atoms with Gasteiger partial charge in [-0.2, -0.15) is 5.26 Å². The number of ether oxygens (including phenoxy) is 2. The van der Waals surface area contributed by atoms with Gasteiger partial charge in [-0.15, -0.1) is 0 Å². The van der Waals surface area contributed by atoms with E-state index in [2.05, 4.69) is 11.4 Å². The predicted octanol–water partition coefficient (Wildman–Crippen LogP) is 2.49. The fraction of sp³-hybridized carbons (Fsp3) is 0.929. The van der Waals surface area contributed by atoms with Crippen LogP contribution in [0, 0.1) is 11.3 Å². The lowest BCUT2D eigenvalue weighted by atomic mass is 9.97. The van der Waals surface area contributed by atoms with Gasteiger partial charge in [0.25, 0.3) is 0 Å². The van der Waals surface area contributed by atoms with Crippen molar-refractivity contribution in [1.82, 2.24) is 5.32 Å². The molecule has 0 aliphatic rings. The molecule has 1 N–H and O–H groups in total. The largest absolute Gasteiger partial charge is 0.379 e. The molecule has 18 heavy (non-hydrogen) atoms. The highest BCUT2D eigenvalue weighted by molar-refractivity contribution is 5.03. The fourth-order valence-electron chi connectivity index (χ4n) is 1.70. The Morgan fingerprint density at radius 2 is 1.94 bits per heavy atom. The van der Waals surface area contributed by atoms with E-state index in [1.165, 1.54) is 0 Å². The van der Waals surface area contributed by atoms with Crippen molar-refractivity contribution in [3.8, 4) is 6.07 Å². The third kappa shape index (κ3) is 9.41. The van der Waals surface area contributed by atoms with Crippen LogP contribution in [-0.2, 0) is 9.47 Å². The van der Waals surface area contributed by atoms with E-state index in [1.807, 2.05) is 27.7 Å². The molecule has 0 spiro atoms. The molecule has 1 atom stereocenters. The van der Waals surface area contributed by atoms with Crippen molar-refractivity contribution in [2.24, 2.45) is 0 Å². The average Bonchev–Trinajstić information content (AvgIpc) is 2.32. The van der Waals surface area contributed by atoms with Gasteiger partial charge in [-0.05, 0) is 46.6 Å². The van der Waals surface area contributed by atoms with Crippen LogP contribution in [0.25, 0.3) is 0 Å². The standard InChI is InChI=1S/C14H28N2O2/c1-5-16-14(4,12-15)8-6-7-9-17-10-11-18-13(2)3/h13,16H,5-11H2,1-4H3. The van der Waals surface area contributed by atoms with Crippen LogP contribution in [0.1, 0.15) is 47.0 Å². The third-order valence-electron chi connectivity index (χ3n) is 2.71. The minimum absolute atomic E-state index is 0.269. The van der Waals surface area contributed by atoms with Crippen molar-refractivity contribution in [3.63, 3.8) is 0 Å². The summed E-state index contributed by atoms with van der Waals surface area (Å²) in [5, 5.41) is 12.3. The van der Waals surface area contributed by atoms with Crippen LogP contribution in [0.4, 0.5) is 0 Å². The fourth-order valence-corrected chi connectivity index (χ4v) is 1.70. The summed E-state index contributed by atoms with van der Waals surface area (Å²) in [7, 11) is 0. The van der Waals surface area contributed by atoms with Gasteiger partial charge in [-0.3, -0.25) is 5.32 Å². The van der Waals surface area contributed by atoms with Crippen LogP contribution in [0.5, 0.6) is 0 Å². The lowest BCUT2D eigenvalue weighted by Crippen LogP contribution is -2.40. The molecule has 0 rings (SSSR count). The highest BCUT2D eigenvalue weighted by Crippen LogP contribution is 2.12. The van der Waals surface area contributed by atoms with E-state index in [1.54, 1.807) is 0 Å². The molecule has 0 amide bonds. The normalized spacial score (nSPS) is 14.4. The van der Waals surface area contributed by atoms with Crippen LogP contribution >= 0.6 is 0 Å². The molecular weight excluding hydrogens is 228 g/mol. The van der Waals surface area contributed by atoms with E-state index >= 15 is 0 Å². The van der Waals surface area contributed by atoms with Gasteiger partial charge >= 0.3 is 0 Å². The van der Waals surface area contributed by atoms with Gasteiger partial charge in [0.1, 0.15) is 5.54 Å². The monoisotopic (exact) mass is 256 g/mol. The summed E-state index contributed by atoms with van der Waals surface area (Å²) < 4.78 is 10.8. The first kappa shape index (κ1) is 17.4.